The van der Waals surface area contributed by atoms with Gasteiger partial charge in [-0.15, -0.1) is 0 Å². The van der Waals surface area contributed by atoms with E-state index < -0.39 is 42.4 Å². The number of hydrogen-bond acceptors (Lipinski definition) is 7. The summed E-state index contributed by atoms with van der Waals surface area (Å²) in [6.45, 7) is 2.96. The Bertz CT molecular complexity index is 1150. The number of halogens is 2. The molecule has 2 aromatic rings. The molecule has 9 nitrogen and oxygen atoms in total. The van der Waals surface area contributed by atoms with Crippen LogP contribution in [-0.4, -0.2) is 86.1 Å². The summed E-state index contributed by atoms with van der Waals surface area (Å²) in [7, 11) is 2.82. The van der Waals surface area contributed by atoms with Gasteiger partial charge in [-0.1, -0.05) is 12.1 Å². The van der Waals surface area contributed by atoms with Crippen LogP contribution in [0.2, 0.25) is 0 Å². The molecule has 0 fully saturated rings. The van der Waals surface area contributed by atoms with E-state index in [1.807, 2.05) is 4.90 Å². The minimum atomic E-state index is -1.20. The number of unbranched alkanes of at least 4 members (excludes halogenated alkanes) is 1. The summed E-state index contributed by atoms with van der Waals surface area (Å²) < 4.78 is 38.4. The van der Waals surface area contributed by atoms with Gasteiger partial charge in [0.15, 0.2) is 0 Å². The number of anilines is 1. The number of nitrogens with one attached hydrogen (secondary N) is 2. The lowest BCUT2D eigenvalue weighted by Crippen LogP contribution is -2.45. The summed E-state index contributed by atoms with van der Waals surface area (Å²) in [5, 5.41) is 15.7. The molecular weight excluding hydrogens is 534 g/mol. The van der Waals surface area contributed by atoms with Gasteiger partial charge in [-0.05, 0) is 75.8 Å². The first-order chi connectivity index (χ1) is 19.8. The van der Waals surface area contributed by atoms with Crippen LogP contribution in [0.4, 0.5) is 14.6 Å². The highest BCUT2D eigenvalue weighted by atomic mass is 19.1. The van der Waals surface area contributed by atoms with Crippen LogP contribution < -0.4 is 15.4 Å². The second kappa shape index (κ2) is 16.2. The highest BCUT2D eigenvalue weighted by molar-refractivity contribution is 5.88. The maximum atomic E-state index is 14.5. The third-order valence-corrected chi connectivity index (χ3v) is 7.48. The first-order valence-electron chi connectivity index (χ1n) is 14.2. The number of aromatic nitrogens is 1. The van der Waals surface area contributed by atoms with Crippen molar-refractivity contribution in [3.63, 3.8) is 0 Å². The molecule has 0 saturated heterocycles. The van der Waals surface area contributed by atoms with Gasteiger partial charge in [-0.2, -0.15) is 0 Å². The Morgan fingerprint density at radius 2 is 2.00 bits per heavy atom. The zero-order chi connectivity index (χ0) is 29.8. The number of aliphatic carboxylic acids is 1. The summed E-state index contributed by atoms with van der Waals surface area (Å²) >= 11 is 0. The van der Waals surface area contributed by atoms with Crippen LogP contribution in [-0.2, 0) is 27.2 Å². The lowest BCUT2D eigenvalue weighted by atomic mass is 9.98. The van der Waals surface area contributed by atoms with Crippen molar-refractivity contribution in [1.82, 2.24) is 15.2 Å². The van der Waals surface area contributed by atoms with Gasteiger partial charge in [0, 0.05) is 38.0 Å². The summed E-state index contributed by atoms with van der Waals surface area (Å²) in [5.74, 6) is -2.23. The highest BCUT2D eigenvalue weighted by Gasteiger charge is 2.28. The minimum absolute atomic E-state index is 0.0633. The number of hydrogen-bond donors (Lipinski definition) is 3. The summed E-state index contributed by atoms with van der Waals surface area (Å²) in [6.07, 6.45) is 4.04. The lowest BCUT2D eigenvalue weighted by molar-refractivity contribution is -0.142. The van der Waals surface area contributed by atoms with Gasteiger partial charge in [0.1, 0.15) is 30.1 Å². The number of pyridine rings is 1. The molecule has 3 atom stereocenters. The fourth-order valence-corrected chi connectivity index (χ4v) is 5.03. The van der Waals surface area contributed by atoms with E-state index in [0.29, 0.717) is 13.1 Å². The molecule has 11 heteroatoms. The van der Waals surface area contributed by atoms with Gasteiger partial charge in [-0.3, -0.25) is 4.79 Å². The molecule has 1 aliphatic heterocycles. The SMILES string of the molecule is COc1cccc(F)c1[C@@H](C)C(=O)N[C@@H](CCN(CCCCc1ccc2c(n1)NCCC2)C[C@@H](CF)OC)C(=O)O. The van der Waals surface area contributed by atoms with Gasteiger partial charge < -0.3 is 30.1 Å². The van der Waals surface area contributed by atoms with Gasteiger partial charge in [0.25, 0.3) is 0 Å². The summed E-state index contributed by atoms with van der Waals surface area (Å²) in [6, 6.07) is 7.23. The average Bonchev–Trinajstić information content (AvgIpc) is 2.98. The van der Waals surface area contributed by atoms with Crippen molar-refractivity contribution in [2.24, 2.45) is 0 Å². The van der Waals surface area contributed by atoms with E-state index in [-0.39, 0.29) is 24.3 Å². The monoisotopic (exact) mass is 576 g/mol. The molecule has 0 saturated carbocycles. The molecule has 3 N–H and O–H groups in total. The van der Waals surface area contributed by atoms with Gasteiger partial charge in [0.2, 0.25) is 5.91 Å². The Morgan fingerprint density at radius 1 is 1.20 bits per heavy atom. The van der Waals surface area contributed by atoms with Gasteiger partial charge in [0.05, 0.1) is 19.1 Å². The predicted molar refractivity (Wildman–Crippen MR) is 153 cm³/mol. The van der Waals surface area contributed by atoms with Gasteiger partial charge in [-0.25, -0.2) is 18.6 Å². The number of carboxylic acid groups (broad SMARTS) is 1. The van der Waals surface area contributed by atoms with Crippen molar-refractivity contribution in [1.29, 1.82) is 0 Å². The highest BCUT2D eigenvalue weighted by Crippen LogP contribution is 2.29. The Balaban J connectivity index is 1.57. The normalized spacial score (nSPS) is 15.0. The summed E-state index contributed by atoms with van der Waals surface area (Å²) in [4.78, 5) is 31.7. The molecule has 0 radical (unpaired) electrons. The summed E-state index contributed by atoms with van der Waals surface area (Å²) in [5.41, 5.74) is 2.32. The quantitative estimate of drug-likeness (QED) is 0.243. The fraction of sp³-hybridized carbons (Fsp3) is 0.567. The third kappa shape index (κ3) is 9.36. The maximum Gasteiger partial charge on any atom is 0.326 e. The standard InChI is InChI=1S/C30H42F2N4O5/c1-20(27-24(32)10-6-11-26(27)41-3)29(37)35-25(30(38)39)14-17-36(19-23(18-31)40-2)16-5-4-9-22-13-12-21-8-7-15-33-28(21)34-22/h6,10-13,20,23,25H,4-5,7-9,14-19H2,1-3H3,(H,33,34)(H,35,37)(H,38,39)/t20-,23-,25+/m1/s1. The second-order valence-electron chi connectivity index (χ2n) is 10.4. The second-order valence-corrected chi connectivity index (χ2v) is 10.4. The Morgan fingerprint density at radius 3 is 2.71 bits per heavy atom. The molecule has 3 rings (SSSR count). The lowest BCUT2D eigenvalue weighted by Gasteiger charge is -2.27. The van der Waals surface area contributed by atoms with Crippen LogP contribution in [0.3, 0.4) is 0 Å². The minimum Gasteiger partial charge on any atom is -0.496 e. The van der Waals surface area contributed by atoms with Crippen molar-refractivity contribution in [3.05, 3.63) is 53.0 Å². The first kappa shape index (κ1) is 32.2. The number of carbonyl (C=O) groups excluding carboxylic acids is 1. The molecule has 41 heavy (non-hydrogen) atoms. The van der Waals surface area contributed by atoms with E-state index in [1.54, 1.807) is 6.07 Å². The molecule has 1 aromatic carbocycles. The van der Waals surface area contributed by atoms with Crippen LogP contribution >= 0.6 is 0 Å². The van der Waals surface area contributed by atoms with E-state index in [2.05, 4.69) is 22.8 Å². The number of ether oxygens (including phenoxy) is 2. The van der Waals surface area contributed by atoms with Crippen LogP contribution in [0, 0.1) is 5.82 Å². The number of rotatable bonds is 17. The molecule has 0 spiro atoms. The largest absolute Gasteiger partial charge is 0.496 e. The Labute approximate surface area is 240 Å². The molecule has 1 aromatic heterocycles. The van der Waals surface area contributed by atoms with Crippen molar-refractivity contribution in [2.75, 3.05) is 52.4 Å². The first-order valence-corrected chi connectivity index (χ1v) is 14.2. The number of methoxy groups -OCH3 is 2. The molecule has 0 bridgehead atoms. The molecule has 0 unspecified atom stereocenters. The van der Waals surface area contributed by atoms with Crippen molar-refractivity contribution >= 4 is 17.7 Å². The van der Waals surface area contributed by atoms with Crippen LogP contribution in [0.15, 0.2) is 30.3 Å². The Hall–Kier alpha value is -3.31. The number of nitrogens with zero attached hydrogens (tertiary/aromatic N) is 2. The maximum absolute atomic E-state index is 14.5. The molecule has 0 aliphatic carbocycles. The Kier molecular flexibility index (Phi) is 12.7. The topological polar surface area (TPSA) is 113 Å². The molecule has 1 aliphatic rings. The predicted octanol–water partition coefficient (Wildman–Crippen LogP) is 3.96. The molecule has 226 valence electrons. The zero-order valence-electron chi connectivity index (χ0n) is 24.1. The molecule has 1 amide bonds. The third-order valence-electron chi connectivity index (χ3n) is 7.48. The molecular formula is C30H42F2N4O5. The number of amides is 1. The van der Waals surface area contributed by atoms with Crippen LogP contribution in [0.5, 0.6) is 5.75 Å². The van der Waals surface area contributed by atoms with Crippen molar-refractivity contribution in [3.8, 4) is 5.75 Å². The van der Waals surface area contributed by atoms with Crippen LogP contribution in [0.25, 0.3) is 0 Å². The number of carbonyl (C=O) groups is 2. The molecule has 2 heterocycles. The smallest absolute Gasteiger partial charge is 0.326 e. The van der Waals surface area contributed by atoms with E-state index in [1.165, 1.54) is 38.8 Å². The van der Waals surface area contributed by atoms with Crippen LogP contribution in [0.1, 0.15) is 55.3 Å². The average molecular weight is 577 g/mol. The van der Waals surface area contributed by atoms with E-state index >= 15 is 0 Å². The number of aryl methyl sites for hydroxylation is 2. The van der Waals surface area contributed by atoms with Crippen molar-refractivity contribution < 1.29 is 33.0 Å². The number of fused-ring (bicyclic) bond motifs is 1. The van der Waals surface area contributed by atoms with E-state index in [0.717, 1.165) is 50.2 Å². The number of alkyl halides is 1. The number of benzene rings is 1. The fourth-order valence-electron chi connectivity index (χ4n) is 5.03. The zero-order valence-corrected chi connectivity index (χ0v) is 24.1. The van der Waals surface area contributed by atoms with Crippen molar-refractivity contribution in [2.45, 2.75) is 63.5 Å². The van der Waals surface area contributed by atoms with Gasteiger partial charge >= 0.3 is 5.97 Å². The number of carboxylic acids is 1. The van der Waals surface area contributed by atoms with E-state index in [4.69, 9.17) is 14.5 Å². The van der Waals surface area contributed by atoms with E-state index in [9.17, 15) is 23.5 Å².